The van der Waals surface area contributed by atoms with Gasteiger partial charge in [-0.05, 0) is 59.1 Å². The fraction of sp³-hybridized carbons (Fsp3) is 0.0800. The van der Waals surface area contributed by atoms with Gasteiger partial charge in [0.1, 0.15) is 0 Å². The molecule has 0 bridgehead atoms. The summed E-state index contributed by atoms with van der Waals surface area (Å²) in [7, 11) is 0. The Morgan fingerprint density at radius 2 is 1.61 bits per heavy atom. The van der Waals surface area contributed by atoms with E-state index in [1.165, 1.54) is 11.8 Å². The van der Waals surface area contributed by atoms with Gasteiger partial charge in [-0.2, -0.15) is 0 Å². The molecule has 6 heteroatoms. The van der Waals surface area contributed by atoms with E-state index < -0.39 is 11.9 Å². The smallest absolute Gasteiger partial charge is 0.310 e. The minimum Gasteiger partial charge on any atom is -0.481 e. The molecule has 1 heterocycles. The van der Waals surface area contributed by atoms with Crippen molar-refractivity contribution >= 4 is 40.6 Å². The number of aliphatic carboxylic acids is 1. The first-order valence-electron chi connectivity index (χ1n) is 9.77. The number of nitrogens with zero attached hydrogens (tertiary/aromatic N) is 1. The van der Waals surface area contributed by atoms with Gasteiger partial charge in [0.15, 0.2) is 5.17 Å². The number of carboxylic acid groups (broad SMARTS) is 1. The molecule has 1 amide bonds. The molecule has 0 aromatic heterocycles. The van der Waals surface area contributed by atoms with Gasteiger partial charge in [-0.1, -0.05) is 66.7 Å². The van der Waals surface area contributed by atoms with Gasteiger partial charge in [0, 0.05) is 0 Å². The highest BCUT2D eigenvalue weighted by molar-refractivity contribution is 8.18. The maximum absolute atomic E-state index is 12.3. The van der Waals surface area contributed by atoms with Crippen LogP contribution in [0.4, 0.5) is 5.69 Å². The van der Waals surface area contributed by atoms with Crippen molar-refractivity contribution in [3.8, 4) is 11.1 Å². The monoisotopic (exact) mass is 428 g/mol. The molecule has 2 N–H and O–H groups in total. The first kappa shape index (κ1) is 20.6. The molecule has 154 valence electrons. The normalized spacial score (nSPS) is 17.0. The second-order valence-electron chi connectivity index (χ2n) is 7.12. The highest BCUT2D eigenvalue weighted by atomic mass is 32.2. The summed E-state index contributed by atoms with van der Waals surface area (Å²) in [6.45, 7) is 1.64. The lowest BCUT2D eigenvalue weighted by Crippen LogP contribution is -2.19. The van der Waals surface area contributed by atoms with Crippen molar-refractivity contribution < 1.29 is 14.7 Å². The summed E-state index contributed by atoms with van der Waals surface area (Å²) in [5.74, 6) is -1.64. The minimum absolute atomic E-state index is 0.188. The second-order valence-corrected chi connectivity index (χ2v) is 8.15. The topological polar surface area (TPSA) is 78.8 Å². The fourth-order valence-electron chi connectivity index (χ4n) is 3.13. The number of hydrogen-bond donors (Lipinski definition) is 2. The molecule has 1 atom stereocenters. The number of amidine groups is 1. The number of carbonyl (C=O) groups excluding carboxylic acids is 1. The largest absolute Gasteiger partial charge is 0.481 e. The van der Waals surface area contributed by atoms with E-state index in [0.717, 1.165) is 16.7 Å². The second kappa shape index (κ2) is 9.02. The van der Waals surface area contributed by atoms with Crippen LogP contribution in [-0.4, -0.2) is 22.2 Å². The summed E-state index contributed by atoms with van der Waals surface area (Å²) in [5.41, 5.74) is 4.56. The van der Waals surface area contributed by atoms with Gasteiger partial charge in [0.25, 0.3) is 5.91 Å². The Balaban J connectivity index is 1.47. The zero-order valence-electron chi connectivity index (χ0n) is 16.8. The number of benzene rings is 3. The fourth-order valence-corrected chi connectivity index (χ4v) is 3.97. The van der Waals surface area contributed by atoms with Gasteiger partial charge in [-0.25, -0.2) is 4.99 Å². The molecule has 1 saturated heterocycles. The van der Waals surface area contributed by atoms with Crippen molar-refractivity contribution in [2.75, 3.05) is 0 Å². The standard InChI is InChI=1S/C25H20N2O3S/c1-16(24(29)30)18-11-13-21(14-12-18)26-25-27-23(28)22(31-25)15-17-7-9-20(10-8-17)19-5-3-2-4-6-19/h2-16H,1H3,(H,29,30)(H,26,27,28)/b22-15+. The number of carboxylic acids is 1. The van der Waals surface area contributed by atoms with Crippen LogP contribution in [0.5, 0.6) is 0 Å². The summed E-state index contributed by atoms with van der Waals surface area (Å²) in [6, 6.07) is 25.1. The molecule has 5 nitrogen and oxygen atoms in total. The third kappa shape index (κ3) is 4.92. The minimum atomic E-state index is -0.871. The van der Waals surface area contributed by atoms with Crippen LogP contribution in [0.3, 0.4) is 0 Å². The molecule has 0 saturated carbocycles. The van der Waals surface area contributed by atoms with Crippen LogP contribution in [0.15, 0.2) is 88.8 Å². The molecular weight excluding hydrogens is 408 g/mol. The van der Waals surface area contributed by atoms with Crippen LogP contribution in [0.25, 0.3) is 17.2 Å². The Labute approximate surface area is 184 Å². The van der Waals surface area contributed by atoms with Gasteiger partial charge < -0.3 is 10.4 Å². The van der Waals surface area contributed by atoms with E-state index >= 15 is 0 Å². The average molecular weight is 429 g/mol. The Morgan fingerprint density at radius 1 is 0.968 bits per heavy atom. The third-order valence-electron chi connectivity index (χ3n) is 4.96. The van der Waals surface area contributed by atoms with E-state index in [9.17, 15) is 9.59 Å². The zero-order chi connectivity index (χ0) is 21.8. The Hall–Kier alpha value is -3.64. The lowest BCUT2D eigenvalue weighted by atomic mass is 10.0. The Bertz CT molecular complexity index is 1170. The highest BCUT2D eigenvalue weighted by Crippen LogP contribution is 2.29. The maximum atomic E-state index is 12.3. The quantitative estimate of drug-likeness (QED) is 0.531. The molecule has 4 rings (SSSR count). The molecule has 0 spiro atoms. The van der Waals surface area contributed by atoms with Gasteiger partial charge in [-0.3, -0.25) is 9.59 Å². The SMILES string of the molecule is CC(C(=O)O)c1ccc(N=C2NC(=O)/C(=C\c3ccc(-c4ccccc4)cc3)S2)cc1. The molecule has 1 aliphatic heterocycles. The van der Waals surface area contributed by atoms with E-state index in [-0.39, 0.29) is 5.91 Å². The number of rotatable bonds is 5. The number of carbonyl (C=O) groups is 2. The van der Waals surface area contributed by atoms with Crippen molar-refractivity contribution in [3.63, 3.8) is 0 Å². The van der Waals surface area contributed by atoms with E-state index in [1.807, 2.05) is 48.5 Å². The number of aliphatic imine (C=N–C) groups is 1. The molecule has 1 unspecified atom stereocenters. The Morgan fingerprint density at radius 3 is 2.26 bits per heavy atom. The van der Waals surface area contributed by atoms with E-state index in [0.29, 0.717) is 21.3 Å². The average Bonchev–Trinajstić information content (AvgIpc) is 3.13. The maximum Gasteiger partial charge on any atom is 0.310 e. The lowest BCUT2D eigenvalue weighted by molar-refractivity contribution is -0.138. The van der Waals surface area contributed by atoms with E-state index in [4.69, 9.17) is 5.11 Å². The molecular formula is C25H20N2O3S. The van der Waals surface area contributed by atoms with Crippen LogP contribution in [0.1, 0.15) is 24.0 Å². The third-order valence-corrected chi connectivity index (χ3v) is 5.87. The van der Waals surface area contributed by atoms with Crippen LogP contribution in [0.2, 0.25) is 0 Å². The first-order chi connectivity index (χ1) is 15.0. The molecule has 0 aliphatic carbocycles. The van der Waals surface area contributed by atoms with Crippen molar-refractivity contribution in [2.45, 2.75) is 12.8 Å². The number of nitrogens with one attached hydrogen (secondary N) is 1. The first-order valence-corrected chi connectivity index (χ1v) is 10.6. The Kier molecular flexibility index (Phi) is 6.00. The van der Waals surface area contributed by atoms with Gasteiger partial charge >= 0.3 is 5.97 Å². The molecule has 1 fully saturated rings. The predicted molar refractivity (Wildman–Crippen MR) is 125 cm³/mol. The van der Waals surface area contributed by atoms with Gasteiger partial charge in [0.2, 0.25) is 0 Å². The highest BCUT2D eigenvalue weighted by Gasteiger charge is 2.23. The van der Waals surface area contributed by atoms with Crippen molar-refractivity contribution in [3.05, 3.63) is 94.9 Å². The zero-order valence-corrected chi connectivity index (χ0v) is 17.6. The predicted octanol–water partition coefficient (Wildman–Crippen LogP) is 5.43. The van der Waals surface area contributed by atoms with Gasteiger partial charge in [0.05, 0.1) is 16.5 Å². The van der Waals surface area contributed by atoms with Crippen molar-refractivity contribution in [2.24, 2.45) is 4.99 Å². The summed E-state index contributed by atoms with van der Waals surface area (Å²) >= 11 is 1.28. The van der Waals surface area contributed by atoms with Gasteiger partial charge in [-0.15, -0.1) is 0 Å². The molecule has 1 aliphatic rings. The summed E-state index contributed by atoms with van der Waals surface area (Å²) in [6.07, 6.45) is 1.84. The van der Waals surface area contributed by atoms with Crippen LogP contribution in [-0.2, 0) is 9.59 Å². The number of thioether (sulfide) groups is 1. The van der Waals surface area contributed by atoms with Crippen LogP contribution >= 0.6 is 11.8 Å². The van der Waals surface area contributed by atoms with Crippen molar-refractivity contribution in [1.82, 2.24) is 5.32 Å². The molecule has 31 heavy (non-hydrogen) atoms. The summed E-state index contributed by atoms with van der Waals surface area (Å²) < 4.78 is 0. The molecule has 3 aromatic rings. The number of hydrogen-bond acceptors (Lipinski definition) is 4. The summed E-state index contributed by atoms with van der Waals surface area (Å²) in [5, 5.41) is 12.4. The molecule has 0 radical (unpaired) electrons. The van der Waals surface area contributed by atoms with Crippen molar-refractivity contribution in [1.29, 1.82) is 0 Å². The number of amides is 1. The molecule has 3 aromatic carbocycles. The summed E-state index contributed by atoms with van der Waals surface area (Å²) in [4.78, 5) is 28.5. The lowest BCUT2D eigenvalue weighted by Gasteiger charge is -2.06. The van der Waals surface area contributed by atoms with E-state index in [1.54, 1.807) is 31.2 Å². The van der Waals surface area contributed by atoms with E-state index in [2.05, 4.69) is 22.4 Å². The van der Waals surface area contributed by atoms with Crippen LogP contribution in [0, 0.1) is 0 Å². The van der Waals surface area contributed by atoms with Crippen LogP contribution < -0.4 is 5.32 Å².